The molecule has 0 spiro atoms. The molecule has 2 aliphatic rings. The van der Waals surface area contributed by atoms with Gasteiger partial charge in [-0.15, -0.1) is 0 Å². The maximum Gasteiger partial charge on any atom is 0.251 e. The largest absolute Gasteiger partial charge is 0.349 e. The van der Waals surface area contributed by atoms with Crippen LogP contribution in [0, 0.1) is 6.92 Å². The van der Waals surface area contributed by atoms with E-state index in [4.69, 9.17) is 11.6 Å². The van der Waals surface area contributed by atoms with Crippen LogP contribution in [-0.2, 0) is 0 Å². The molecule has 4 heteroatoms. The van der Waals surface area contributed by atoms with E-state index in [1.165, 1.54) is 12.8 Å². The van der Waals surface area contributed by atoms with Crippen molar-refractivity contribution in [2.24, 2.45) is 0 Å². The maximum atomic E-state index is 12.3. The highest BCUT2D eigenvalue weighted by Crippen LogP contribution is 2.27. The number of nitrogens with one attached hydrogen (secondary N) is 2. The molecule has 2 heterocycles. The second-order valence-electron chi connectivity index (χ2n) is 5.74. The van der Waals surface area contributed by atoms with Crippen molar-refractivity contribution in [1.29, 1.82) is 0 Å². The number of carbonyl (C=O) groups is 1. The Morgan fingerprint density at radius 2 is 2.00 bits per heavy atom. The van der Waals surface area contributed by atoms with Crippen molar-refractivity contribution in [1.82, 2.24) is 10.6 Å². The van der Waals surface area contributed by atoms with Crippen molar-refractivity contribution in [2.45, 2.75) is 50.7 Å². The van der Waals surface area contributed by atoms with Crippen molar-refractivity contribution < 1.29 is 4.79 Å². The summed E-state index contributed by atoms with van der Waals surface area (Å²) in [6.45, 7) is 1.92. The minimum absolute atomic E-state index is 0.0282. The Morgan fingerprint density at radius 3 is 2.63 bits per heavy atom. The van der Waals surface area contributed by atoms with Gasteiger partial charge in [-0.05, 0) is 56.4 Å². The van der Waals surface area contributed by atoms with Crippen LogP contribution in [0.25, 0.3) is 0 Å². The first kappa shape index (κ1) is 12.9. The number of carbonyl (C=O) groups excluding carboxylic acids is 1. The Morgan fingerprint density at radius 1 is 1.32 bits per heavy atom. The molecule has 2 bridgehead atoms. The summed E-state index contributed by atoms with van der Waals surface area (Å²) in [5.41, 5.74) is 1.66. The third-order valence-electron chi connectivity index (χ3n) is 4.24. The Hall–Kier alpha value is -1.06. The van der Waals surface area contributed by atoms with Gasteiger partial charge in [0.1, 0.15) is 0 Å². The molecule has 2 unspecified atom stereocenters. The molecule has 1 aromatic rings. The molecule has 0 aromatic heterocycles. The van der Waals surface area contributed by atoms with E-state index in [0.717, 1.165) is 24.0 Å². The van der Waals surface area contributed by atoms with Crippen molar-refractivity contribution in [3.05, 3.63) is 34.3 Å². The highest BCUT2D eigenvalue weighted by atomic mass is 35.5. The molecule has 2 atom stereocenters. The average molecular weight is 279 g/mol. The van der Waals surface area contributed by atoms with Gasteiger partial charge in [0, 0.05) is 28.7 Å². The fourth-order valence-corrected chi connectivity index (χ4v) is 3.55. The van der Waals surface area contributed by atoms with Gasteiger partial charge in [0.05, 0.1) is 0 Å². The first-order valence-electron chi connectivity index (χ1n) is 6.95. The van der Waals surface area contributed by atoms with Crippen LogP contribution in [0.3, 0.4) is 0 Å². The van der Waals surface area contributed by atoms with Crippen LogP contribution in [0.15, 0.2) is 18.2 Å². The van der Waals surface area contributed by atoms with Crippen LogP contribution in [0.5, 0.6) is 0 Å². The fourth-order valence-electron chi connectivity index (χ4n) is 3.32. The summed E-state index contributed by atoms with van der Waals surface area (Å²) >= 11 is 5.92. The van der Waals surface area contributed by atoms with Gasteiger partial charge >= 0.3 is 0 Å². The number of amides is 1. The number of fused-ring (bicyclic) bond motifs is 2. The molecule has 1 aromatic carbocycles. The van der Waals surface area contributed by atoms with E-state index in [2.05, 4.69) is 10.6 Å². The zero-order chi connectivity index (χ0) is 13.4. The van der Waals surface area contributed by atoms with Gasteiger partial charge in [-0.1, -0.05) is 11.6 Å². The van der Waals surface area contributed by atoms with Crippen molar-refractivity contribution >= 4 is 17.5 Å². The lowest BCUT2D eigenvalue weighted by Crippen LogP contribution is -2.48. The molecule has 2 N–H and O–H groups in total. The summed E-state index contributed by atoms with van der Waals surface area (Å²) in [6.07, 6.45) is 4.60. The average Bonchev–Trinajstić information content (AvgIpc) is 2.68. The fraction of sp³-hybridized carbons (Fsp3) is 0.533. The third-order valence-corrected chi connectivity index (χ3v) is 4.48. The smallest absolute Gasteiger partial charge is 0.251 e. The number of halogens is 1. The molecule has 1 amide bonds. The molecule has 0 saturated carbocycles. The molecular weight excluding hydrogens is 260 g/mol. The molecule has 19 heavy (non-hydrogen) atoms. The number of hydrogen-bond donors (Lipinski definition) is 2. The lowest BCUT2D eigenvalue weighted by molar-refractivity contribution is 0.0923. The second kappa shape index (κ2) is 5.14. The zero-order valence-corrected chi connectivity index (χ0v) is 11.8. The highest BCUT2D eigenvalue weighted by Gasteiger charge is 2.34. The van der Waals surface area contributed by atoms with E-state index < -0.39 is 0 Å². The van der Waals surface area contributed by atoms with Crippen LogP contribution >= 0.6 is 11.6 Å². The summed E-state index contributed by atoms with van der Waals surface area (Å²) in [5, 5.41) is 7.43. The van der Waals surface area contributed by atoms with Gasteiger partial charge in [-0.25, -0.2) is 0 Å². The minimum atomic E-state index is 0.0282. The van der Waals surface area contributed by atoms with E-state index in [1.807, 2.05) is 19.1 Å². The van der Waals surface area contributed by atoms with Gasteiger partial charge < -0.3 is 10.6 Å². The predicted octanol–water partition coefficient (Wildman–Crippen LogP) is 2.66. The van der Waals surface area contributed by atoms with Gasteiger partial charge in [0.25, 0.3) is 5.91 Å². The molecule has 102 valence electrons. The summed E-state index contributed by atoms with van der Waals surface area (Å²) in [4.78, 5) is 12.3. The zero-order valence-electron chi connectivity index (χ0n) is 11.1. The molecule has 2 saturated heterocycles. The summed E-state index contributed by atoms with van der Waals surface area (Å²) in [6, 6.07) is 6.91. The monoisotopic (exact) mass is 278 g/mol. The number of benzene rings is 1. The molecule has 2 fully saturated rings. The van der Waals surface area contributed by atoms with Crippen molar-refractivity contribution in [2.75, 3.05) is 0 Å². The van der Waals surface area contributed by atoms with Crippen LogP contribution in [0.2, 0.25) is 5.02 Å². The van der Waals surface area contributed by atoms with Gasteiger partial charge in [-0.2, -0.15) is 0 Å². The SMILES string of the molecule is Cc1cc(Cl)ccc1C(=O)NC1CC2CCC(C1)N2. The molecular formula is C15H19ClN2O. The molecule has 3 rings (SSSR count). The Bertz CT molecular complexity index is 491. The van der Waals surface area contributed by atoms with Crippen LogP contribution in [0.1, 0.15) is 41.6 Å². The molecule has 2 aliphatic heterocycles. The van der Waals surface area contributed by atoms with Gasteiger partial charge in [-0.3, -0.25) is 4.79 Å². The topological polar surface area (TPSA) is 41.1 Å². The second-order valence-corrected chi connectivity index (χ2v) is 6.18. The highest BCUT2D eigenvalue weighted by molar-refractivity contribution is 6.30. The standard InChI is InChI=1S/C15H19ClN2O/c1-9-6-10(16)2-5-14(9)15(19)18-13-7-11-3-4-12(8-13)17-11/h2,5-6,11-13,17H,3-4,7-8H2,1H3,(H,18,19). The molecule has 0 radical (unpaired) electrons. The first-order chi connectivity index (χ1) is 9.11. The first-order valence-corrected chi connectivity index (χ1v) is 7.32. The number of hydrogen-bond acceptors (Lipinski definition) is 2. The number of aryl methyl sites for hydroxylation is 1. The maximum absolute atomic E-state index is 12.3. The van der Waals surface area contributed by atoms with Crippen LogP contribution < -0.4 is 10.6 Å². The van der Waals surface area contributed by atoms with E-state index in [0.29, 0.717) is 23.1 Å². The van der Waals surface area contributed by atoms with Crippen LogP contribution in [-0.4, -0.2) is 24.0 Å². The summed E-state index contributed by atoms with van der Waals surface area (Å²) in [7, 11) is 0. The third kappa shape index (κ3) is 2.77. The van der Waals surface area contributed by atoms with E-state index in [-0.39, 0.29) is 5.91 Å². The van der Waals surface area contributed by atoms with Gasteiger partial charge in [0.2, 0.25) is 0 Å². The number of piperidine rings is 1. The summed E-state index contributed by atoms with van der Waals surface area (Å²) < 4.78 is 0. The minimum Gasteiger partial charge on any atom is -0.349 e. The Balaban J connectivity index is 1.68. The Labute approximate surface area is 118 Å². The predicted molar refractivity (Wildman–Crippen MR) is 76.6 cm³/mol. The van der Waals surface area contributed by atoms with E-state index >= 15 is 0 Å². The quantitative estimate of drug-likeness (QED) is 0.873. The van der Waals surface area contributed by atoms with E-state index in [1.54, 1.807) is 6.07 Å². The molecule has 0 aliphatic carbocycles. The number of rotatable bonds is 2. The van der Waals surface area contributed by atoms with Crippen LogP contribution in [0.4, 0.5) is 0 Å². The Kier molecular flexibility index (Phi) is 3.50. The molecule has 3 nitrogen and oxygen atoms in total. The summed E-state index contributed by atoms with van der Waals surface area (Å²) in [5.74, 6) is 0.0282. The lowest BCUT2D eigenvalue weighted by atomic mass is 9.99. The lowest BCUT2D eigenvalue weighted by Gasteiger charge is -2.29. The van der Waals surface area contributed by atoms with Crippen molar-refractivity contribution in [3.8, 4) is 0 Å². The van der Waals surface area contributed by atoms with Gasteiger partial charge in [0.15, 0.2) is 0 Å². The van der Waals surface area contributed by atoms with Crippen molar-refractivity contribution in [3.63, 3.8) is 0 Å². The van der Waals surface area contributed by atoms with E-state index in [9.17, 15) is 4.79 Å². The normalized spacial score (nSPS) is 29.3.